The normalized spacial score (nSPS) is 16.7. The molecule has 2 N–H and O–H groups in total. The second kappa shape index (κ2) is 4.97. The van der Waals surface area contributed by atoms with Gasteiger partial charge in [-0.15, -0.1) is 0 Å². The van der Waals surface area contributed by atoms with Crippen LogP contribution < -0.4 is 10.6 Å². The van der Waals surface area contributed by atoms with Crippen LogP contribution in [0.2, 0.25) is 0 Å². The summed E-state index contributed by atoms with van der Waals surface area (Å²) in [5.74, 6) is 0.246. The molecule has 0 saturated carbocycles. The van der Waals surface area contributed by atoms with Crippen molar-refractivity contribution >= 4 is 17.6 Å². The van der Waals surface area contributed by atoms with E-state index in [1.54, 1.807) is 25.1 Å². The Bertz CT molecular complexity index is 720. The minimum absolute atomic E-state index is 0.192. The molecule has 1 aromatic carbocycles. The maximum absolute atomic E-state index is 12.1. The number of carbonyl (C=O) groups excluding carboxylic acids is 2. The molecule has 2 heterocycles. The summed E-state index contributed by atoms with van der Waals surface area (Å²) in [6.45, 7) is 1.67. The average Bonchev–Trinajstić information content (AvgIpc) is 2.88. The molecule has 6 nitrogen and oxygen atoms in total. The lowest BCUT2D eigenvalue weighted by atomic mass is 10.1. The third kappa shape index (κ3) is 2.24. The molecule has 3 rings (SSSR count). The van der Waals surface area contributed by atoms with Crippen LogP contribution in [0.25, 0.3) is 0 Å². The molecule has 1 aliphatic rings. The molecule has 0 saturated heterocycles. The van der Waals surface area contributed by atoms with Crippen molar-refractivity contribution < 1.29 is 18.7 Å². The Balaban J connectivity index is 1.93. The fourth-order valence-electron chi connectivity index (χ4n) is 2.31. The largest absolute Gasteiger partial charge is 0.465 e. The first kappa shape index (κ1) is 13.2. The van der Waals surface area contributed by atoms with E-state index in [4.69, 9.17) is 4.42 Å². The molecule has 21 heavy (non-hydrogen) atoms. The predicted octanol–water partition coefficient (Wildman–Crippen LogP) is 2.23. The molecule has 108 valence electrons. The van der Waals surface area contributed by atoms with Crippen molar-refractivity contribution in [1.82, 2.24) is 5.32 Å². The lowest BCUT2D eigenvalue weighted by Gasteiger charge is -2.26. The Morgan fingerprint density at radius 1 is 1.29 bits per heavy atom. The highest BCUT2D eigenvalue weighted by Crippen LogP contribution is 2.28. The number of para-hydroxylation sites is 1. The van der Waals surface area contributed by atoms with Gasteiger partial charge < -0.3 is 19.8 Å². The summed E-state index contributed by atoms with van der Waals surface area (Å²) >= 11 is 0. The van der Waals surface area contributed by atoms with Gasteiger partial charge in [-0.05, 0) is 25.1 Å². The van der Waals surface area contributed by atoms with Crippen molar-refractivity contribution in [3.63, 3.8) is 0 Å². The first-order chi connectivity index (χ1) is 10.1. The zero-order valence-electron chi connectivity index (χ0n) is 11.6. The van der Waals surface area contributed by atoms with Crippen LogP contribution >= 0.6 is 0 Å². The van der Waals surface area contributed by atoms with E-state index in [1.807, 2.05) is 12.1 Å². The van der Waals surface area contributed by atoms with Gasteiger partial charge in [0.2, 0.25) is 0 Å². The van der Waals surface area contributed by atoms with Crippen molar-refractivity contribution in [3.8, 4) is 0 Å². The first-order valence-corrected chi connectivity index (χ1v) is 6.45. The summed E-state index contributed by atoms with van der Waals surface area (Å²) < 4.78 is 10.3. The molecular formula is C15H14N2O4. The number of carbonyl (C=O) groups is 2. The molecule has 0 spiro atoms. The summed E-state index contributed by atoms with van der Waals surface area (Å²) in [5, 5.41) is 5.95. The Labute approximate surface area is 121 Å². The van der Waals surface area contributed by atoms with Gasteiger partial charge in [0.15, 0.2) is 6.17 Å². The SMILES string of the molecule is COC(=O)c1cc([C@H]2NC(=O)c3ccccc3N2)oc1C. The molecule has 0 bridgehead atoms. The molecule has 0 aliphatic carbocycles. The Hall–Kier alpha value is -2.76. The van der Waals surface area contributed by atoms with Gasteiger partial charge in [-0.1, -0.05) is 12.1 Å². The number of nitrogens with one attached hydrogen (secondary N) is 2. The number of methoxy groups -OCH3 is 1. The van der Waals surface area contributed by atoms with Crippen molar-refractivity contribution in [2.24, 2.45) is 0 Å². The quantitative estimate of drug-likeness (QED) is 0.827. The lowest BCUT2D eigenvalue weighted by molar-refractivity contribution is 0.0598. The van der Waals surface area contributed by atoms with E-state index in [1.165, 1.54) is 7.11 Å². The number of esters is 1. The van der Waals surface area contributed by atoms with Gasteiger partial charge >= 0.3 is 5.97 Å². The summed E-state index contributed by atoms with van der Waals surface area (Å²) in [6.07, 6.45) is -0.524. The van der Waals surface area contributed by atoms with Crippen molar-refractivity contribution in [3.05, 3.63) is 53.0 Å². The Kier molecular flexibility index (Phi) is 3.13. The third-order valence-corrected chi connectivity index (χ3v) is 3.37. The lowest BCUT2D eigenvalue weighted by Crippen LogP contribution is -2.38. The number of ether oxygens (including phenoxy) is 1. The molecule has 2 aromatic rings. The number of hydrogen-bond acceptors (Lipinski definition) is 5. The molecule has 1 aliphatic heterocycles. The molecule has 0 unspecified atom stereocenters. The summed E-state index contributed by atoms with van der Waals surface area (Å²) in [5.41, 5.74) is 1.65. The van der Waals surface area contributed by atoms with Crippen molar-refractivity contribution in [2.45, 2.75) is 13.1 Å². The van der Waals surface area contributed by atoms with E-state index in [2.05, 4.69) is 15.4 Å². The second-order valence-corrected chi connectivity index (χ2v) is 4.71. The number of fused-ring (bicyclic) bond motifs is 1. The third-order valence-electron chi connectivity index (χ3n) is 3.37. The van der Waals surface area contributed by atoms with Crippen LogP contribution in [0.3, 0.4) is 0 Å². The molecule has 0 radical (unpaired) electrons. The summed E-state index contributed by atoms with van der Waals surface area (Å²) in [6, 6.07) is 8.77. The Morgan fingerprint density at radius 3 is 2.81 bits per heavy atom. The van der Waals surface area contributed by atoms with E-state index >= 15 is 0 Å². The van der Waals surface area contributed by atoms with Crippen LogP contribution in [-0.4, -0.2) is 19.0 Å². The van der Waals surface area contributed by atoms with Gasteiger partial charge in [-0.3, -0.25) is 4.79 Å². The highest BCUT2D eigenvalue weighted by atomic mass is 16.5. The number of furan rings is 1. The van der Waals surface area contributed by atoms with Gasteiger partial charge in [0, 0.05) is 5.69 Å². The number of aryl methyl sites for hydroxylation is 1. The molecule has 1 atom stereocenters. The van der Waals surface area contributed by atoms with E-state index in [-0.39, 0.29) is 5.91 Å². The predicted molar refractivity (Wildman–Crippen MR) is 75.1 cm³/mol. The highest BCUT2D eigenvalue weighted by molar-refractivity contribution is 6.01. The molecular weight excluding hydrogens is 272 g/mol. The van der Waals surface area contributed by atoms with Gasteiger partial charge in [-0.25, -0.2) is 4.79 Å². The Morgan fingerprint density at radius 2 is 2.05 bits per heavy atom. The van der Waals surface area contributed by atoms with Crippen LogP contribution in [0.1, 0.15) is 38.4 Å². The fourth-order valence-corrected chi connectivity index (χ4v) is 2.31. The van der Waals surface area contributed by atoms with Crippen LogP contribution in [0.5, 0.6) is 0 Å². The highest BCUT2D eigenvalue weighted by Gasteiger charge is 2.28. The summed E-state index contributed by atoms with van der Waals surface area (Å²) in [4.78, 5) is 23.7. The number of anilines is 1. The average molecular weight is 286 g/mol. The topological polar surface area (TPSA) is 80.6 Å². The maximum atomic E-state index is 12.1. The number of benzene rings is 1. The first-order valence-electron chi connectivity index (χ1n) is 6.45. The molecule has 1 aromatic heterocycles. The van der Waals surface area contributed by atoms with Crippen LogP contribution in [0.15, 0.2) is 34.7 Å². The fraction of sp³-hybridized carbons (Fsp3) is 0.200. The van der Waals surface area contributed by atoms with Gasteiger partial charge in [0.1, 0.15) is 17.1 Å². The van der Waals surface area contributed by atoms with Gasteiger partial charge in [0.25, 0.3) is 5.91 Å². The van der Waals surface area contributed by atoms with Crippen LogP contribution in [-0.2, 0) is 4.74 Å². The molecule has 6 heteroatoms. The second-order valence-electron chi connectivity index (χ2n) is 4.71. The van der Waals surface area contributed by atoms with Crippen molar-refractivity contribution in [2.75, 3.05) is 12.4 Å². The van der Waals surface area contributed by atoms with Gasteiger partial charge in [0.05, 0.1) is 12.7 Å². The summed E-state index contributed by atoms with van der Waals surface area (Å²) in [7, 11) is 1.31. The van der Waals surface area contributed by atoms with E-state index in [0.29, 0.717) is 22.6 Å². The van der Waals surface area contributed by atoms with Crippen LogP contribution in [0.4, 0.5) is 5.69 Å². The maximum Gasteiger partial charge on any atom is 0.341 e. The monoisotopic (exact) mass is 286 g/mol. The number of hydrogen-bond donors (Lipinski definition) is 2. The zero-order chi connectivity index (χ0) is 15.0. The van der Waals surface area contributed by atoms with E-state index in [0.717, 1.165) is 5.69 Å². The van der Waals surface area contributed by atoms with E-state index in [9.17, 15) is 9.59 Å². The molecule has 0 fully saturated rings. The number of amides is 1. The standard InChI is InChI=1S/C15H14N2O4/c1-8-10(15(19)20-2)7-12(21-8)13-16-11-6-4-3-5-9(11)14(18)17-13/h3-7,13,16H,1-2H3,(H,17,18)/t13-/m1/s1. The number of rotatable bonds is 2. The van der Waals surface area contributed by atoms with Crippen LogP contribution in [0, 0.1) is 6.92 Å². The van der Waals surface area contributed by atoms with E-state index < -0.39 is 12.1 Å². The van der Waals surface area contributed by atoms with Gasteiger partial charge in [-0.2, -0.15) is 0 Å². The zero-order valence-corrected chi connectivity index (χ0v) is 11.6. The minimum Gasteiger partial charge on any atom is -0.465 e. The minimum atomic E-state index is -0.524. The smallest absolute Gasteiger partial charge is 0.341 e. The molecule has 1 amide bonds. The van der Waals surface area contributed by atoms with Crippen molar-refractivity contribution in [1.29, 1.82) is 0 Å².